The Hall–Kier alpha value is -3.05. The maximum Gasteiger partial charge on any atom is 0.410 e. The number of aryl methyl sites for hydroxylation is 1. The first-order chi connectivity index (χ1) is 17.7. The molecule has 1 aromatic carbocycles. The van der Waals surface area contributed by atoms with Crippen molar-refractivity contribution in [2.45, 2.75) is 38.9 Å². The number of aliphatic hydroxyl groups is 1. The predicted molar refractivity (Wildman–Crippen MR) is 137 cm³/mol. The van der Waals surface area contributed by atoms with Crippen molar-refractivity contribution in [3.8, 4) is 11.1 Å². The van der Waals surface area contributed by atoms with Gasteiger partial charge in [0.2, 0.25) is 0 Å². The molecule has 8 nitrogen and oxygen atoms in total. The predicted octanol–water partition coefficient (Wildman–Crippen LogP) is 4.49. The number of carbonyl (C=O) groups is 1. The van der Waals surface area contributed by atoms with E-state index in [0.717, 1.165) is 37.1 Å². The molecule has 0 unspecified atom stereocenters. The maximum atomic E-state index is 13.4. The summed E-state index contributed by atoms with van der Waals surface area (Å²) in [4.78, 5) is 21.0. The number of morpholine rings is 1. The largest absolute Gasteiger partial charge is 0.410 e. The Morgan fingerprint density at radius 1 is 1.22 bits per heavy atom. The lowest BCUT2D eigenvalue weighted by molar-refractivity contribution is -0.149. The molecule has 4 rings (SSSR count). The number of aliphatic hydroxyl groups excluding tert-OH is 1. The molecule has 2 fully saturated rings. The highest BCUT2D eigenvalue weighted by atomic mass is 19.4. The van der Waals surface area contributed by atoms with Gasteiger partial charge in [-0.25, -0.2) is 9.78 Å². The summed E-state index contributed by atoms with van der Waals surface area (Å²) in [5.41, 5.74) is 2.91. The summed E-state index contributed by atoms with van der Waals surface area (Å²) >= 11 is 0. The molecule has 0 bridgehead atoms. The van der Waals surface area contributed by atoms with Gasteiger partial charge in [0, 0.05) is 31.9 Å². The van der Waals surface area contributed by atoms with E-state index in [4.69, 9.17) is 4.74 Å². The highest BCUT2D eigenvalue weighted by Gasteiger charge is 2.39. The Morgan fingerprint density at radius 3 is 2.62 bits per heavy atom. The first kappa shape index (κ1) is 27.0. The number of hydrogen-bond acceptors (Lipinski definition) is 6. The van der Waals surface area contributed by atoms with Crippen LogP contribution in [-0.4, -0.2) is 79.2 Å². The number of pyridine rings is 1. The van der Waals surface area contributed by atoms with Gasteiger partial charge in [0.15, 0.2) is 0 Å². The van der Waals surface area contributed by atoms with Crippen molar-refractivity contribution in [3.63, 3.8) is 0 Å². The molecule has 11 heteroatoms. The van der Waals surface area contributed by atoms with Crippen LogP contribution in [0.5, 0.6) is 0 Å². The van der Waals surface area contributed by atoms with Crippen molar-refractivity contribution < 1.29 is 27.8 Å². The van der Waals surface area contributed by atoms with E-state index in [2.05, 4.69) is 22.5 Å². The third-order valence-electron chi connectivity index (χ3n) is 7.00. The highest BCUT2D eigenvalue weighted by molar-refractivity contribution is 5.91. The number of nitrogens with zero attached hydrogens (tertiary/aromatic N) is 3. The van der Waals surface area contributed by atoms with Crippen molar-refractivity contribution in [2.75, 3.05) is 61.5 Å². The monoisotopic (exact) mass is 521 g/mol. The molecule has 0 aliphatic carbocycles. The van der Waals surface area contributed by atoms with Crippen molar-refractivity contribution in [1.29, 1.82) is 0 Å². The standard InChI is InChI=1S/C26H34F3N5O3/c1-3-18-6-7-34(15-18)25(36)30-20-5-4-17(2)21(14-20)19-12-23(31-22(16-35)26(27,28)29)32-24(13-19)33-8-10-37-11-9-33/h4-5,12-14,18,22,35H,3,6-11,15-16H2,1-2H3,(H,30,36)(H,31,32)/t18-,22+/m1/s1. The van der Waals surface area contributed by atoms with Gasteiger partial charge in [-0.05, 0) is 60.2 Å². The Morgan fingerprint density at radius 2 is 1.97 bits per heavy atom. The topological polar surface area (TPSA) is 90.0 Å². The highest BCUT2D eigenvalue weighted by Crippen LogP contribution is 2.33. The van der Waals surface area contributed by atoms with Crippen LogP contribution in [-0.2, 0) is 4.74 Å². The van der Waals surface area contributed by atoms with E-state index in [0.29, 0.717) is 49.3 Å². The summed E-state index contributed by atoms with van der Waals surface area (Å²) in [5, 5.41) is 14.6. The molecule has 2 saturated heterocycles. The zero-order valence-corrected chi connectivity index (χ0v) is 21.1. The zero-order valence-electron chi connectivity index (χ0n) is 21.1. The number of likely N-dealkylation sites (tertiary alicyclic amines) is 1. The molecular weight excluding hydrogens is 487 g/mol. The van der Waals surface area contributed by atoms with Gasteiger partial charge >= 0.3 is 12.2 Å². The summed E-state index contributed by atoms with van der Waals surface area (Å²) in [7, 11) is 0. The average molecular weight is 522 g/mol. The zero-order chi connectivity index (χ0) is 26.6. The number of nitrogens with one attached hydrogen (secondary N) is 2. The van der Waals surface area contributed by atoms with Crippen molar-refractivity contribution in [3.05, 3.63) is 35.9 Å². The Kier molecular flexibility index (Phi) is 8.43. The fourth-order valence-electron chi connectivity index (χ4n) is 4.67. The van der Waals surface area contributed by atoms with Crippen molar-refractivity contribution in [1.82, 2.24) is 9.88 Å². The first-order valence-corrected chi connectivity index (χ1v) is 12.6. The average Bonchev–Trinajstić information content (AvgIpc) is 3.38. The van der Waals surface area contributed by atoms with E-state index in [9.17, 15) is 23.1 Å². The van der Waals surface area contributed by atoms with Crippen LogP contribution in [0.3, 0.4) is 0 Å². The van der Waals surface area contributed by atoms with Crippen LogP contribution < -0.4 is 15.5 Å². The minimum absolute atomic E-state index is 0.00637. The van der Waals surface area contributed by atoms with Crippen LogP contribution in [0, 0.1) is 12.8 Å². The Balaban J connectivity index is 1.65. The number of urea groups is 1. The molecule has 2 aromatic rings. The second kappa shape index (κ2) is 11.6. The van der Waals surface area contributed by atoms with Gasteiger partial charge < -0.3 is 30.3 Å². The van der Waals surface area contributed by atoms with Crippen LogP contribution in [0.4, 0.5) is 35.3 Å². The van der Waals surface area contributed by atoms with E-state index < -0.39 is 18.8 Å². The van der Waals surface area contributed by atoms with Crippen LogP contribution in [0.15, 0.2) is 30.3 Å². The van der Waals surface area contributed by atoms with Crippen LogP contribution >= 0.6 is 0 Å². The third-order valence-corrected chi connectivity index (χ3v) is 7.00. The number of halogens is 3. The minimum Gasteiger partial charge on any atom is -0.394 e. The summed E-state index contributed by atoms with van der Waals surface area (Å²) < 4.78 is 45.5. The summed E-state index contributed by atoms with van der Waals surface area (Å²) in [5.74, 6) is 1.03. The molecule has 3 N–H and O–H groups in total. The van der Waals surface area contributed by atoms with Crippen molar-refractivity contribution in [2.24, 2.45) is 5.92 Å². The Bertz CT molecular complexity index is 1090. The fourth-order valence-corrected chi connectivity index (χ4v) is 4.67. The number of anilines is 3. The number of aromatic nitrogens is 1. The molecule has 37 heavy (non-hydrogen) atoms. The molecule has 3 heterocycles. The van der Waals surface area contributed by atoms with E-state index in [1.165, 1.54) is 0 Å². The van der Waals surface area contributed by atoms with E-state index in [1.807, 2.05) is 41.0 Å². The summed E-state index contributed by atoms with van der Waals surface area (Å²) in [6.07, 6.45) is -2.61. The second-order valence-corrected chi connectivity index (χ2v) is 9.59. The number of hydrogen-bond donors (Lipinski definition) is 3. The van der Waals surface area contributed by atoms with Gasteiger partial charge in [-0.2, -0.15) is 13.2 Å². The molecule has 0 radical (unpaired) electrons. The number of amides is 2. The number of alkyl halides is 3. The molecule has 2 atom stereocenters. The van der Waals surface area contributed by atoms with Crippen LogP contribution in [0.25, 0.3) is 11.1 Å². The molecular formula is C26H34F3N5O3. The molecule has 2 amide bonds. The SMILES string of the molecule is CC[C@@H]1CCN(C(=O)Nc2ccc(C)c(-c3cc(N[C@@H](CO)C(F)(F)F)nc(N4CCOCC4)c3)c2)C1. The molecule has 2 aliphatic heterocycles. The lowest BCUT2D eigenvalue weighted by Gasteiger charge is -2.29. The second-order valence-electron chi connectivity index (χ2n) is 9.59. The third kappa shape index (κ3) is 6.64. The van der Waals surface area contributed by atoms with Crippen LogP contribution in [0.2, 0.25) is 0 Å². The van der Waals surface area contributed by atoms with E-state index in [-0.39, 0.29) is 11.8 Å². The molecule has 0 spiro atoms. The van der Waals surface area contributed by atoms with E-state index >= 15 is 0 Å². The smallest absolute Gasteiger partial charge is 0.394 e. The Labute approximate surface area is 214 Å². The maximum absolute atomic E-state index is 13.4. The molecule has 1 aromatic heterocycles. The summed E-state index contributed by atoms with van der Waals surface area (Å²) in [6.45, 7) is 6.47. The van der Waals surface area contributed by atoms with E-state index in [1.54, 1.807) is 6.07 Å². The van der Waals surface area contributed by atoms with Gasteiger partial charge in [0.1, 0.15) is 17.7 Å². The van der Waals surface area contributed by atoms with Gasteiger partial charge in [0.25, 0.3) is 0 Å². The fraction of sp³-hybridized carbons (Fsp3) is 0.538. The molecule has 0 saturated carbocycles. The number of carbonyl (C=O) groups excluding carboxylic acids is 1. The van der Waals surface area contributed by atoms with Crippen LogP contribution in [0.1, 0.15) is 25.3 Å². The number of rotatable bonds is 7. The van der Waals surface area contributed by atoms with Gasteiger partial charge in [-0.15, -0.1) is 0 Å². The van der Waals surface area contributed by atoms with Gasteiger partial charge in [0.05, 0.1) is 19.8 Å². The van der Waals surface area contributed by atoms with Gasteiger partial charge in [-0.1, -0.05) is 19.4 Å². The number of benzene rings is 1. The molecule has 2 aliphatic rings. The lowest BCUT2D eigenvalue weighted by atomic mass is 10.00. The van der Waals surface area contributed by atoms with Crippen molar-refractivity contribution >= 4 is 23.4 Å². The lowest BCUT2D eigenvalue weighted by Crippen LogP contribution is -2.40. The molecule has 202 valence electrons. The minimum atomic E-state index is -4.64. The summed E-state index contributed by atoms with van der Waals surface area (Å²) in [6, 6.07) is 6.59. The normalized spacial score (nSPS) is 19.1. The van der Waals surface area contributed by atoms with Gasteiger partial charge in [-0.3, -0.25) is 0 Å². The quantitative estimate of drug-likeness (QED) is 0.498. The number of ether oxygens (including phenoxy) is 1. The first-order valence-electron chi connectivity index (χ1n) is 12.6.